The van der Waals surface area contributed by atoms with Gasteiger partial charge in [0.05, 0.1) is 7.11 Å². The Labute approximate surface area is 172 Å². The Kier molecular flexibility index (Phi) is 5.89. The van der Waals surface area contributed by atoms with E-state index in [9.17, 15) is 13.2 Å². The highest BCUT2D eigenvalue weighted by molar-refractivity contribution is 7.92. The van der Waals surface area contributed by atoms with Crippen LogP contribution < -0.4 is 14.4 Å². The summed E-state index contributed by atoms with van der Waals surface area (Å²) in [6.07, 6.45) is 1.03. The lowest BCUT2D eigenvalue weighted by molar-refractivity contribution is -0.119. The van der Waals surface area contributed by atoms with Crippen LogP contribution in [0.15, 0.2) is 35.2 Å². The Morgan fingerprint density at radius 3 is 2.45 bits per heavy atom. The van der Waals surface area contributed by atoms with Crippen LogP contribution in [0, 0.1) is 19.8 Å². The zero-order valence-corrected chi connectivity index (χ0v) is 18.4. The SMILES string of the molecule is COc1cc(C)c(C)cc1S(=O)(=O)Nc1ccc2c(c1)CCC(=O)N2CC(C)C. The second kappa shape index (κ2) is 8.06. The molecule has 3 rings (SSSR count). The van der Waals surface area contributed by atoms with Gasteiger partial charge in [-0.15, -0.1) is 0 Å². The maximum atomic E-state index is 13.0. The molecule has 0 saturated carbocycles. The lowest BCUT2D eigenvalue weighted by Crippen LogP contribution is -2.37. The fourth-order valence-electron chi connectivity index (χ4n) is 3.53. The Morgan fingerprint density at radius 2 is 1.79 bits per heavy atom. The first-order valence-electron chi connectivity index (χ1n) is 9.73. The van der Waals surface area contributed by atoms with Crippen molar-refractivity contribution in [3.63, 3.8) is 0 Å². The van der Waals surface area contributed by atoms with Gasteiger partial charge in [0.15, 0.2) is 0 Å². The molecule has 156 valence electrons. The molecule has 0 saturated heterocycles. The Balaban J connectivity index is 1.94. The fourth-order valence-corrected chi connectivity index (χ4v) is 4.82. The number of carbonyl (C=O) groups is 1. The average molecular weight is 417 g/mol. The van der Waals surface area contributed by atoms with Crippen molar-refractivity contribution < 1.29 is 17.9 Å². The van der Waals surface area contributed by atoms with Gasteiger partial charge in [-0.25, -0.2) is 8.42 Å². The number of nitrogens with one attached hydrogen (secondary N) is 1. The van der Waals surface area contributed by atoms with Crippen molar-refractivity contribution in [2.45, 2.75) is 45.4 Å². The smallest absolute Gasteiger partial charge is 0.265 e. The van der Waals surface area contributed by atoms with E-state index in [0.29, 0.717) is 36.7 Å². The number of aryl methyl sites for hydroxylation is 3. The van der Waals surface area contributed by atoms with Gasteiger partial charge in [0.2, 0.25) is 5.91 Å². The molecule has 0 unspecified atom stereocenters. The van der Waals surface area contributed by atoms with E-state index in [-0.39, 0.29) is 10.8 Å². The summed E-state index contributed by atoms with van der Waals surface area (Å²) in [6.45, 7) is 8.57. The lowest BCUT2D eigenvalue weighted by atomic mass is 9.99. The van der Waals surface area contributed by atoms with Gasteiger partial charge < -0.3 is 9.64 Å². The molecule has 1 aliphatic heterocycles. The van der Waals surface area contributed by atoms with E-state index >= 15 is 0 Å². The normalized spacial score (nSPS) is 14.1. The molecular formula is C22H28N2O4S. The largest absolute Gasteiger partial charge is 0.495 e. The molecule has 0 atom stereocenters. The van der Waals surface area contributed by atoms with Crippen molar-refractivity contribution in [1.82, 2.24) is 0 Å². The predicted molar refractivity (Wildman–Crippen MR) is 115 cm³/mol. The Morgan fingerprint density at radius 1 is 1.10 bits per heavy atom. The number of amides is 1. The molecule has 6 nitrogen and oxygen atoms in total. The van der Waals surface area contributed by atoms with Gasteiger partial charge in [-0.1, -0.05) is 13.8 Å². The third kappa shape index (κ3) is 4.40. The van der Waals surface area contributed by atoms with Gasteiger partial charge in [0, 0.05) is 24.3 Å². The number of fused-ring (bicyclic) bond motifs is 1. The van der Waals surface area contributed by atoms with E-state index in [0.717, 1.165) is 22.4 Å². The molecule has 0 bridgehead atoms. The minimum Gasteiger partial charge on any atom is -0.495 e. The van der Waals surface area contributed by atoms with Gasteiger partial charge in [0.1, 0.15) is 10.6 Å². The number of ether oxygens (including phenoxy) is 1. The second-order valence-corrected chi connectivity index (χ2v) is 9.59. The Bertz CT molecular complexity index is 1050. The molecule has 0 aliphatic carbocycles. The van der Waals surface area contributed by atoms with Crippen LogP contribution in [0.25, 0.3) is 0 Å². The summed E-state index contributed by atoms with van der Waals surface area (Å²) >= 11 is 0. The van der Waals surface area contributed by atoms with Crippen LogP contribution in [-0.2, 0) is 21.2 Å². The van der Waals surface area contributed by atoms with E-state index in [1.807, 2.05) is 26.0 Å². The molecule has 0 aromatic heterocycles. The van der Waals surface area contributed by atoms with Gasteiger partial charge in [-0.05, 0) is 73.2 Å². The van der Waals surface area contributed by atoms with Crippen molar-refractivity contribution >= 4 is 27.3 Å². The van der Waals surface area contributed by atoms with Crippen LogP contribution in [0.4, 0.5) is 11.4 Å². The first-order valence-corrected chi connectivity index (χ1v) is 11.2. The summed E-state index contributed by atoms with van der Waals surface area (Å²) in [7, 11) is -2.36. The highest BCUT2D eigenvalue weighted by atomic mass is 32.2. The van der Waals surface area contributed by atoms with Crippen LogP contribution >= 0.6 is 0 Å². The summed E-state index contributed by atoms with van der Waals surface area (Å²) in [5, 5.41) is 0. The molecule has 2 aromatic carbocycles. The van der Waals surface area contributed by atoms with E-state index in [4.69, 9.17) is 4.74 Å². The van der Waals surface area contributed by atoms with Crippen LogP contribution in [0.3, 0.4) is 0 Å². The zero-order chi connectivity index (χ0) is 21.3. The molecule has 7 heteroatoms. The number of nitrogens with zero attached hydrogens (tertiary/aromatic N) is 1. The van der Waals surface area contributed by atoms with Crippen molar-refractivity contribution in [2.75, 3.05) is 23.3 Å². The van der Waals surface area contributed by atoms with E-state index in [2.05, 4.69) is 18.6 Å². The maximum absolute atomic E-state index is 13.0. The van der Waals surface area contributed by atoms with Gasteiger partial charge in [0.25, 0.3) is 10.0 Å². The molecular weight excluding hydrogens is 388 g/mol. The third-order valence-corrected chi connectivity index (χ3v) is 6.55. The van der Waals surface area contributed by atoms with E-state index in [1.165, 1.54) is 7.11 Å². The molecule has 0 radical (unpaired) electrons. The lowest BCUT2D eigenvalue weighted by Gasteiger charge is -2.31. The van der Waals surface area contributed by atoms with Crippen molar-refractivity contribution in [1.29, 1.82) is 0 Å². The van der Waals surface area contributed by atoms with Gasteiger partial charge >= 0.3 is 0 Å². The number of rotatable bonds is 6. The van der Waals surface area contributed by atoms with Gasteiger partial charge in [-0.3, -0.25) is 9.52 Å². The van der Waals surface area contributed by atoms with E-state index in [1.54, 1.807) is 23.1 Å². The van der Waals surface area contributed by atoms with Crippen LogP contribution in [0.2, 0.25) is 0 Å². The number of anilines is 2. The minimum atomic E-state index is -3.82. The Hall–Kier alpha value is -2.54. The summed E-state index contributed by atoms with van der Waals surface area (Å²) in [4.78, 5) is 14.2. The standard InChI is InChI=1S/C22H28N2O4S/c1-14(2)13-24-19-8-7-18(12-17(19)6-9-22(24)25)23-29(26,27)21-11-16(4)15(3)10-20(21)28-5/h7-8,10-12,14,23H,6,9,13H2,1-5H3. The number of methoxy groups -OCH3 is 1. The highest BCUT2D eigenvalue weighted by Gasteiger charge is 2.26. The number of sulfonamides is 1. The molecule has 29 heavy (non-hydrogen) atoms. The molecule has 0 fully saturated rings. The summed E-state index contributed by atoms with van der Waals surface area (Å²) in [5.74, 6) is 0.770. The third-order valence-electron chi connectivity index (χ3n) is 5.15. The van der Waals surface area contributed by atoms with Crippen LogP contribution in [-0.4, -0.2) is 28.0 Å². The molecule has 1 aliphatic rings. The van der Waals surface area contributed by atoms with Crippen LogP contribution in [0.1, 0.15) is 37.0 Å². The second-order valence-electron chi connectivity index (χ2n) is 7.93. The van der Waals surface area contributed by atoms with Crippen molar-refractivity contribution in [3.05, 3.63) is 47.0 Å². The number of benzene rings is 2. The average Bonchev–Trinajstić information content (AvgIpc) is 2.65. The van der Waals surface area contributed by atoms with Crippen LogP contribution in [0.5, 0.6) is 5.75 Å². The quantitative estimate of drug-likeness (QED) is 0.771. The number of hydrogen-bond donors (Lipinski definition) is 1. The molecule has 1 amide bonds. The van der Waals surface area contributed by atoms with Gasteiger partial charge in [-0.2, -0.15) is 0 Å². The molecule has 1 heterocycles. The summed E-state index contributed by atoms with van der Waals surface area (Å²) in [6, 6.07) is 8.70. The minimum absolute atomic E-state index is 0.109. The molecule has 0 spiro atoms. The number of carbonyl (C=O) groups excluding carboxylic acids is 1. The van der Waals surface area contributed by atoms with E-state index < -0.39 is 10.0 Å². The zero-order valence-electron chi connectivity index (χ0n) is 17.6. The number of hydrogen-bond acceptors (Lipinski definition) is 4. The molecule has 2 aromatic rings. The maximum Gasteiger partial charge on any atom is 0.265 e. The van der Waals surface area contributed by atoms with Crippen molar-refractivity contribution in [2.24, 2.45) is 5.92 Å². The molecule has 1 N–H and O–H groups in total. The topological polar surface area (TPSA) is 75.7 Å². The monoisotopic (exact) mass is 416 g/mol. The summed E-state index contributed by atoms with van der Waals surface area (Å²) in [5.41, 5.74) is 4.14. The fraction of sp³-hybridized carbons (Fsp3) is 0.409. The summed E-state index contributed by atoms with van der Waals surface area (Å²) < 4.78 is 34.0. The predicted octanol–water partition coefficient (Wildman–Crippen LogP) is 4.05. The first-order chi connectivity index (χ1) is 13.6. The highest BCUT2D eigenvalue weighted by Crippen LogP contribution is 2.33. The van der Waals surface area contributed by atoms with Crippen molar-refractivity contribution in [3.8, 4) is 5.75 Å². The first kappa shape index (κ1) is 21.2.